The van der Waals surface area contributed by atoms with E-state index in [0.717, 1.165) is 50.8 Å². The van der Waals surface area contributed by atoms with E-state index in [1.54, 1.807) is 24.5 Å². The number of nitrogens with one attached hydrogen (secondary N) is 1. The highest BCUT2D eigenvalue weighted by atomic mass is 32.1. The molecule has 0 amide bonds. The molecule has 1 aromatic carbocycles. The number of benzene rings is 1. The first kappa shape index (κ1) is 18.0. The Kier molecular flexibility index (Phi) is 5.13. The van der Waals surface area contributed by atoms with Gasteiger partial charge in [0.05, 0.1) is 12.0 Å². The molecule has 3 heterocycles. The summed E-state index contributed by atoms with van der Waals surface area (Å²) >= 11 is 1.62. The molecule has 0 unspecified atom stereocenters. The minimum atomic E-state index is -0.188. The maximum Gasteiger partial charge on any atom is 0.264 e. The van der Waals surface area contributed by atoms with Gasteiger partial charge in [-0.15, -0.1) is 11.3 Å². The zero-order chi connectivity index (χ0) is 18.8. The quantitative estimate of drug-likeness (QED) is 0.724. The largest absolute Gasteiger partial charge is 0.493 e. The minimum Gasteiger partial charge on any atom is -0.493 e. The number of methoxy groups -OCH3 is 1. The third kappa shape index (κ3) is 3.84. The Morgan fingerprint density at radius 2 is 1.96 bits per heavy atom. The molecule has 0 radical (unpaired) electrons. The van der Waals surface area contributed by atoms with Crippen LogP contribution in [0.5, 0.6) is 11.5 Å². The smallest absolute Gasteiger partial charge is 0.264 e. The summed E-state index contributed by atoms with van der Waals surface area (Å²) in [6.45, 7) is 4.66. The van der Waals surface area contributed by atoms with Gasteiger partial charge in [-0.3, -0.25) is 9.69 Å². The summed E-state index contributed by atoms with van der Waals surface area (Å²) in [5, 5.41) is 7.81. The van der Waals surface area contributed by atoms with Gasteiger partial charge in [0.2, 0.25) is 0 Å². The molecule has 0 aliphatic carbocycles. The van der Waals surface area contributed by atoms with Gasteiger partial charge in [0.25, 0.3) is 5.56 Å². The Balaban J connectivity index is 1.64. The lowest BCUT2D eigenvalue weighted by Gasteiger charge is -2.26. The molecule has 4 rings (SSSR count). The van der Waals surface area contributed by atoms with Crippen LogP contribution in [-0.4, -0.2) is 42.0 Å². The molecule has 0 spiro atoms. The average Bonchev–Trinajstić information content (AvgIpc) is 3.08. The van der Waals surface area contributed by atoms with E-state index in [2.05, 4.69) is 21.2 Å². The number of aromatic amines is 1. The average molecular weight is 385 g/mol. The first-order chi connectivity index (χ1) is 13.1. The van der Waals surface area contributed by atoms with Crippen molar-refractivity contribution in [3.8, 4) is 22.1 Å². The summed E-state index contributed by atoms with van der Waals surface area (Å²) in [7, 11) is 1.66. The lowest BCUT2D eigenvalue weighted by molar-refractivity contribution is 0.104. The van der Waals surface area contributed by atoms with Crippen molar-refractivity contribution in [1.82, 2.24) is 15.1 Å². The Bertz CT molecular complexity index is 1010. The Morgan fingerprint density at radius 3 is 2.70 bits per heavy atom. The number of thiophene rings is 1. The first-order valence-electron chi connectivity index (χ1n) is 9.17. The van der Waals surface area contributed by atoms with E-state index in [1.165, 1.54) is 19.3 Å². The number of hydrogen-bond acceptors (Lipinski definition) is 6. The molecule has 0 atom stereocenters. The molecule has 142 valence electrons. The van der Waals surface area contributed by atoms with Crippen LogP contribution in [0.3, 0.4) is 0 Å². The van der Waals surface area contributed by atoms with Gasteiger partial charge in [0, 0.05) is 29.9 Å². The van der Waals surface area contributed by atoms with Crippen molar-refractivity contribution in [2.24, 2.45) is 0 Å². The summed E-state index contributed by atoms with van der Waals surface area (Å²) in [6, 6.07) is 7.69. The van der Waals surface area contributed by atoms with E-state index < -0.39 is 0 Å². The van der Waals surface area contributed by atoms with E-state index >= 15 is 0 Å². The maximum atomic E-state index is 11.4. The molecular formula is C20H23N3O3S. The van der Waals surface area contributed by atoms with Gasteiger partial charge in [-0.2, -0.15) is 5.10 Å². The fourth-order valence-electron chi connectivity index (χ4n) is 3.43. The molecule has 27 heavy (non-hydrogen) atoms. The highest BCUT2D eigenvalue weighted by molar-refractivity contribution is 7.22. The van der Waals surface area contributed by atoms with E-state index in [9.17, 15) is 4.79 Å². The van der Waals surface area contributed by atoms with Gasteiger partial charge >= 0.3 is 0 Å². The number of aromatic nitrogens is 2. The highest BCUT2D eigenvalue weighted by Crippen LogP contribution is 2.40. The van der Waals surface area contributed by atoms with Crippen LogP contribution in [-0.2, 0) is 0 Å². The number of hydrogen-bond donors (Lipinski definition) is 1. The fourth-order valence-corrected chi connectivity index (χ4v) is 4.56. The predicted octanol–water partition coefficient (Wildman–Crippen LogP) is 3.79. The second-order valence-electron chi connectivity index (χ2n) is 6.87. The third-order valence-electron chi connectivity index (χ3n) is 4.89. The van der Waals surface area contributed by atoms with E-state index in [-0.39, 0.29) is 5.56 Å². The number of ether oxygens (including phenoxy) is 2. The first-order valence-corrected chi connectivity index (χ1v) is 9.99. The Labute approximate surface area is 161 Å². The normalized spacial score (nSPS) is 15.2. The van der Waals surface area contributed by atoms with Crippen molar-refractivity contribution in [3.63, 3.8) is 0 Å². The van der Waals surface area contributed by atoms with Gasteiger partial charge in [-0.1, -0.05) is 6.42 Å². The highest BCUT2D eigenvalue weighted by Gasteiger charge is 2.15. The topological polar surface area (TPSA) is 67.4 Å². The van der Waals surface area contributed by atoms with Gasteiger partial charge in [0.15, 0.2) is 11.5 Å². The van der Waals surface area contributed by atoms with Crippen molar-refractivity contribution < 1.29 is 9.47 Å². The fraction of sp³-hybridized carbons (Fsp3) is 0.400. The van der Waals surface area contributed by atoms with Crippen molar-refractivity contribution in [1.29, 1.82) is 0 Å². The van der Waals surface area contributed by atoms with E-state index in [1.807, 2.05) is 19.1 Å². The van der Waals surface area contributed by atoms with Crippen molar-refractivity contribution >= 4 is 21.4 Å². The lowest BCUT2D eigenvalue weighted by atomic mass is 10.1. The minimum absolute atomic E-state index is 0.188. The SMILES string of the molecule is COc1cc2sc(-c3n[nH]c(=O)cc3C)cc2cc1OCN1CCCCC1. The molecule has 6 nitrogen and oxygen atoms in total. The second kappa shape index (κ2) is 7.70. The molecule has 3 aromatic rings. The van der Waals surface area contributed by atoms with Crippen LogP contribution in [0, 0.1) is 6.92 Å². The number of piperidine rings is 1. The molecule has 1 saturated heterocycles. The zero-order valence-corrected chi connectivity index (χ0v) is 16.4. The molecule has 1 aliphatic heterocycles. The van der Waals surface area contributed by atoms with Crippen LogP contribution < -0.4 is 15.0 Å². The number of rotatable bonds is 5. The number of fused-ring (bicyclic) bond motifs is 1. The molecule has 2 aromatic heterocycles. The molecule has 1 N–H and O–H groups in total. The van der Waals surface area contributed by atoms with Crippen LogP contribution in [0.15, 0.2) is 29.1 Å². The second-order valence-corrected chi connectivity index (χ2v) is 7.95. The molecule has 0 bridgehead atoms. The molecule has 1 fully saturated rings. The lowest BCUT2D eigenvalue weighted by Crippen LogP contribution is -2.33. The maximum absolute atomic E-state index is 11.4. The number of H-pyrrole nitrogens is 1. The van der Waals surface area contributed by atoms with Crippen LogP contribution in [0.25, 0.3) is 20.7 Å². The van der Waals surface area contributed by atoms with Crippen molar-refractivity contribution in [3.05, 3.63) is 40.2 Å². The summed E-state index contributed by atoms with van der Waals surface area (Å²) in [4.78, 5) is 14.8. The predicted molar refractivity (Wildman–Crippen MR) is 108 cm³/mol. The number of aryl methyl sites for hydroxylation is 1. The van der Waals surface area contributed by atoms with Crippen LogP contribution in [0.1, 0.15) is 24.8 Å². The summed E-state index contributed by atoms with van der Waals surface area (Å²) in [5.41, 5.74) is 1.47. The van der Waals surface area contributed by atoms with Crippen molar-refractivity contribution in [2.45, 2.75) is 26.2 Å². The standard InChI is InChI=1S/C20H23N3O3S/c1-13-8-19(24)21-22-20(13)18-10-14-9-16(15(25-2)11-17(14)27-18)26-12-23-6-4-3-5-7-23/h8-11H,3-7,12H2,1-2H3,(H,21,24). The van der Waals surface area contributed by atoms with Gasteiger partial charge in [-0.05, 0) is 42.8 Å². The van der Waals surface area contributed by atoms with Gasteiger partial charge < -0.3 is 9.47 Å². The van der Waals surface area contributed by atoms with E-state index in [0.29, 0.717) is 6.73 Å². The van der Waals surface area contributed by atoms with Crippen LogP contribution >= 0.6 is 11.3 Å². The number of nitrogens with zero attached hydrogens (tertiary/aromatic N) is 2. The van der Waals surface area contributed by atoms with Gasteiger partial charge in [-0.25, -0.2) is 5.10 Å². The van der Waals surface area contributed by atoms with Crippen LogP contribution in [0.4, 0.5) is 0 Å². The third-order valence-corrected chi connectivity index (χ3v) is 5.99. The zero-order valence-electron chi connectivity index (χ0n) is 15.6. The Hall–Kier alpha value is -2.38. The molecular weight excluding hydrogens is 362 g/mol. The van der Waals surface area contributed by atoms with E-state index in [4.69, 9.17) is 9.47 Å². The molecule has 0 saturated carbocycles. The number of likely N-dealkylation sites (tertiary alicyclic amines) is 1. The van der Waals surface area contributed by atoms with Crippen molar-refractivity contribution in [2.75, 3.05) is 26.9 Å². The monoisotopic (exact) mass is 385 g/mol. The van der Waals surface area contributed by atoms with Crippen LogP contribution in [0.2, 0.25) is 0 Å². The molecule has 1 aliphatic rings. The summed E-state index contributed by atoms with van der Waals surface area (Å²) in [6.07, 6.45) is 3.78. The summed E-state index contributed by atoms with van der Waals surface area (Å²) in [5.74, 6) is 1.49. The van der Waals surface area contributed by atoms with Gasteiger partial charge in [0.1, 0.15) is 12.4 Å². The molecule has 7 heteroatoms. The Morgan fingerprint density at radius 1 is 1.15 bits per heavy atom. The summed E-state index contributed by atoms with van der Waals surface area (Å²) < 4.78 is 12.7.